The van der Waals surface area contributed by atoms with Gasteiger partial charge in [0.25, 0.3) is 5.91 Å². The van der Waals surface area contributed by atoms with E-state index in [-0.39, 0.29) is 18.2 Å². The summed E-state index contributed by atoms with van der Waals surface area (Å²) in [5.41, 5.74) is 0.681. The van der Waals surface area contributed by atoms with Crippen LogP contribution in [0.15, 0.2) is 18.2 Å². The Hall–Kier alpha value is -2.06. The lowest BCUT2D eigenvalue weighted by Crippen LogP contribution is -2.36. The van der Waals surface area contributed by atoms with Gasteiger partial charge in [-0.05, 0) is 26.0 Å². The Morgan fingerprint density at radius 3 is 2.95 bits per heavy atom. The lowest BCUT2D eigenvalue weighted by atomic mass is 10.2. The Bertz CT molecular complexity index is 511. The standard InChI is InChI=1S/C16H21FN2O2/c1-4-9-18-11-13-7-6-8-14(17)15(13)21-12(3)16(20)19-10-5-2/h2,6-8,12,18H,4,9-11H2,1,3H3,(H,19,20). The number of para-hydroxylation sites is 1. The van der Waals surface area contributed by atoms with Gasteiger partial charge in [0.2, 0.25) is 0 Å². The minimum atomic E-state index is -0.819. The monoisotopic (exact) mass is 292 g/mol. The molecule has 1 amide bonds. The molecule has 1 aromatic carbocycles. The van der Waals surface area contributed by atoms with Crippen LogP contribution in [0.4, 0.5) is 4.39 Å². The number of amides is 1. The van der Waals surface area contributed by atoms with Crippen LogP contribution in [0.25, 0.3) is 0 Å². The van der Waals surface area contributed by atoms with Gasteiger partial charge in [-0.15, -0.1) is 6.42 Å². The van der Waals surface area contributed by atoms with Crippen molar-refractivity contribution in [3.63, 3.8) is 0 Å². The van der Waals surface area contributed by atoms with Crippen LogP contribution in [0.3, 0.4) is 0 Å². The van der Waals surface area contributed by atoms with Gasteiger partial charge in [-0.2, -0.15) is 0 Å². The smallest absolute Gasteiger partial charge is 0.261 e. The molecule has 0 aromatic heterocycles. The quantitative estimate of drug-likeness (QED) is 0.568. The van der Waals surface area contributed by atoms with Crippen LogP contribution in [0.1, 0.15) is 25.8 Å². The van der Waals surface area contributed by atoms with E-state index in [0.717, 1.165) is 13.0 Å². The summed E-state index contributed by atoms with van der Waals surface area (Å²) in [7, 11) is 0. The van der Waals surface area contributed by atoms with E-state index in [0.29, 0.717) is 12.1 Å². The largest absolute Gasteiger partial charge is 0.477 e. The first-order valence-electron chi connectivity index (χ1n) is 6.96. The van der Waals surface area contributed by atoms with Gasteiger partial charge in [0, 0.05) is 12.1 Å². The second-order valence-corrected chi connectivity index (χ2v) is 4.59. The van der Waals surface area contributed by atoms with Gasteiger partial charge in [-0.25, -0.2) is 4.39 Å². The topological polar surface area (TPSA) is 50.4 Å². The zero-order chi connectivity index (χ0) is 15.7. The predicted molar refractivity (Wildman–Crippen MR) is 80.3 cm³/mol. The number of rotatable bonds is 8. The van der Waals surface area contributed by atoms with E-state index in [4.69, 9.17) is 11.2 Å². The molecule has 0 fully saturated rings. The minimum absolute atomic E-state index is 0.101. The van der Waals surface area contributed by atoms with Gasteiger partial charge in [-0.1, -0.05) is 25.0 Å². The third-order valence-electron chi connectivity index (χ3n) is 2.82. The molecule has 0 aliphatic rings. The first-order valence-corrected chi connectivity index (χ1v) is 6.96. The van der Waals surface area contributed by atoms with E-state index >= 15 is 0 Å². The maximum absolute atomic E-state index is 13.9. The zero-order valence-electron chi connectivity index (χ0n) is 12.4. The summed E-state index contributed by atoms with van der Waals surface area (Å²) in [4.78, 5) is 11.7. The summed E-state index contributed by atoms with van der Waals surface area (Å²) in [6.07, 6.45) is 5.24. The molecule has 4 nitrogen and oxygen atoms in total. The van der Waals surface area contributed by atoms with Crippen molar-refractivity contribution < 1.29 is 13.9 Å². The third-order valence-corrected chi connectivity index (χ3v) is 2.82. The van der Waals surface area contributed by atoms with Gasteiger partial charge < -0.3 is 15.4 Å². The molecule has 114 valence electrons. The van der Waals surface area contributed by atoms with Crippen molar-refractivity contribution in [2.45, 2.75) is 32.9 Å². The van der Waals surface area contributed by atoms with Crippen molar-refractivity contribution in [3.8, 4) is 18.1 Å². The number of benzene rings is 1. The van der Waals surface area contributed by atoms with Gasteiger partial charge in [0.05, 0.1) is 6.54 Å². The number of carbonyl (C=O) groups is 1. The second-order valence-electron chi connectivity index (χ2n) is 4.59. The average molecular weight is 292 g/mol. The number of hydrogen-bond acceptors (Lipinski definition) is 3. The minimum Gasteiger partial charge on any atom is -0.477 e. The SMILES string of the molecule is C#CCNC(=O)C(C)Oc1c(F)cccc1CNCCC. The number of hydrogen-bond donors (Lipinski definition) is 2. The molecule has 0 saturated heterocycles. The van der Waals surface area contributed by atoms with Crippen LogP contribution in [-0.2, 0) is 11.3 Å². The summed E-state index contributed by atoms with van der Waals surface area (Å²) in [5, 5.41) is 5.69. The molecular weight excluding hydrogens is 271 g/mol. The zero-order valence-corrected chi connectivity index (χ0v) is 12.4. The highest BCUT2D eigenvalue weighted by Crippen LogP contribution is 2.23. The van der Waals surface area contributed by atoms with Crippen molar-refractivity contribution in [1.29, 1.82) is 0 Å². The Labute approximate surface area is 125 Å². The van der Waals surface area contributed by atoms with Crippen molar-refractivity contribution in [1.82, 2.24) is 10.6 Å². The highest BCUT2D eigenvalue weighted by Gasteiger charge is 2.18. The van der Waals surface area contributed by atoms with E-state index < -0.39 is 11.9 Å². The fraction of sp³-hybridized carbons (Fsp3) is 0.438. The Kier molecular flexibility index (Phi) is 7.27. The van der Waals surface area contributed by atoms with Crippen molar-refractivity contribution >= 4 is 5.91 Å². The van der Waals surface area contributed by atoms with Gasteiger partial charge in [0.15, 0.2) is 17.7 Å². The van der Waals surface area contributed by atoms with Crippen LogP contribution >= 0.6 is 0 Å². The molecule has 1 rings (SSSR count). The van der Waals surface area contributed by atoms with Crippen molar-refractivity contribution in [2.24, 2.45) is 0 Å². The Morgan fingerprint density at radius 2 is 2.29 bits per heavy atom. The van der Waals surface area contributed by atoms with Crippen molar-refractivity contribution in [3.05, 3.63) is 29.6 Å². The van der Waals surface area contributed by atoms with E-state index in [1.165, 1.54) is 6.07 Å². The van der Waals surface area contributed by atoms with Crippen LogP contribution in [-0.4, -0.2) is 25.1 Å². The average Bonchev–Trinajstić information content (AvgIpc) is 2.48. The fourth-order valence-corrected chi connectivity index (χ4v) is 1.74. The van der Waals surface area contributed by atoms with Crippen molar-refractivity contribution in [2.75, 3.05) is 13.1 Å². The second kappa shape index (κ2) is 8.98. The molecule has 1 atom stereocenters. The van der Waals surface area contributed by atoms with Crippen LogP contribution < -0.4 is 15.4 Å². The van der Waals surface area contributed by atoms with Crippen LogP contribution in [0.5, 0.6) is 5.75 Å². The highest BCUT2D eigenvalue weighted by atomic mass is 19.1. The Balaban J connectivity index is 2.76. The van der Waals surface area contributed by atoms with Gasteiger partial charge >= 0.3 is 0 Å². The maximum Gasteiger partial charge on any atom is 0.261 e. The van der Waals surface area contributed by atoms with Gasteiger partial charge in [0.1, 0.15) is 0 Å². The number of terminal acetylenes is 1. The maximum atomic E-state index is 13.9. The first-order chi connectivity index (χ1) is 10.1. The normalized spacial score (nSPS) is 11.5. The molecule has 1 aromatic rings. The van der Waals surface area contributed by atoms with Crippen LogP contribution in [0.2, 0.25) is 0 Å². The van der Waals surface area contributed by atoms with E-state index in [1.54, 1.807) is 19.1 Å². The molecule has 0 radical (unpaired) electrons. The predicted octanol–water partition coefficient (Wildman–Crippen LogP) is 1.84. The first kappa shape index (κ1) is 17.0. The summed E-state index contributed by atoms with van der Waals surface area (Å²) >= 11 is 0. The van der Waals surface area contributed by atoms with E-state index in [2.05, 4.69) is 16.6 Å². The molecule has 0 aliphatic carbocycles. The molecule has 1 unspecified atom stereocenters. The molecule has 2 N–H and O–H groups in total. The number of ether oxygens (including phenoxy) is 1. The molecule has 21 heavy (non-hydrogen) atoms. The molecular formula is C16H21FN2O2. The lowest BCUT2D eigenvalue weighted by molar-refractivity contribution is -0.127. The molecule has 0 saturated carbocycles. The number of halogens is 1. The molecule has 0 bridgehead atoms. The summed E-state index contributed by atoms with van der Waals surface area (Å²) in [6.45, 7) is 5.04. The Morgan fingerprint density at radius 1 is 1.52 bits per heavy atom. The molecule has 0 aliphatic heterocycles. The van der Waals surface area contributed by atoms with Crippen LogP contribution in [0, 0.1) is 18.2 Å². The highest BCUT2D eigenvalue weighted by molar-refractivity contribution is 5.80. The lowest BCUT2D eigenvalue weighted by Gasteiger charge is -2.17. The van der Waals surface area contributed by atoms with Gasteiger partial charge in [-0.3, -0.25) is 4.79 Å². The van der Waals surface area contributed by atoms with E-state index in [1.807, 2.05) is 6.92 Å². The summed E-state index contributed by atoms with van der Waals surface area (Å²) < 4.78 is 19.4. The summed E-state index contributed by atoms with van der Waals surface area (Å²) in [6, 6.07) is 4.70. The molecule has 0 heterocycles. The van der Waals surface area contributed by atoms with E-state index in [9.17, 15) is 9.18 Å². The number of nitrogens with one attached hydrogen (secondary N) is 2. The molecule has 5 heteroatoms. The third kappa shape index (κ3) is 5.44. The number of carbonyl (C=O) groups excluding carboxylic acids is 1. The fourth-order valence-electron chi connectivity index (χ4n) is 1.74. The molecule has 0 spiro atoms. The summed E-state index contributed by atoms with van der Waals surface area (Å²) in [5.74, 6) is 1.55.